The molecule has 31 heavy (non-hydrogen) atoms. The molecule has 4 rings (SSSR count). The van der Waals surface area contributed by atoms with E-state index < -0.39 is 35.6 Å². The molecule has 0 aliphatic carbocycles. The van der Waals surface area contributed by atoms with Crippen molar-refractivity contribution in [2.45, 2.75) is 56.9 Å². The number of amides is 2. The van der Waals surface area contributed by atoms with Crippen molar-refractivity contribution in [2.24, 2.45) is 11.8 Å². The highest BCUT2D eigenvalue weighted by Gasteiger charge is 2.74. The molecule has 3 heterocycles. The standard InChI is InChI=1S/C23H30N2O6/c1-2-30-22(29)17-16-10-11-23(31-16)18(17)21(28)25(12-6-7-13-26)19(23)20(27)24-14-15-8-4-3-5-9-15/h3-5,8-9,16-19,26H,2,6-7,10-14H2,1H3,(H,24,27)/t16-,17+,18+,19-,23+/m0/s1. The number of unbranched alkanes of at least 4 members (excludes halogenated alkanes) is 1. The highest BCUT2D eigenvalue weighted by molar-refractivity contribution is 5.98. The lowest BCUT2D eigenvalue weighted by molar-refractivity contribution is -0.154. The first-order valence-electron chi connectivity index (χ1n) is 11.1. The van der Waals surface area contributed by atoms with Crippen LogP contribution in [0.4, 0.5) is 0 Å². The molecule has 1 aromatic rings. The van der Waals surface area contributed by atoms with E-state index in [-0.39, 0.29) is 25.0 Å². The van der Waals surface area contributed by atoms with Crippen molar-refractivity contribution in [3.63, 3.8) is 0 Å². The van der Waals surface area contributed by atoms with Crippen LogP contribution in [-0.2, 0) is 30.4 Å². The molecule has 0 unspecified atom stereocenters. The van der Waals surface area contributed by atoms with E-state index in [1.807, 2.05) is 30.3 Å². The average Bonchev–Trinajstić information content (AvgIpc) is 3.41. The first-order valence-corrected chi connectivity index (χ1v) is 11.1. The number of carbonyl (C=O) groups excluding carboxylic acids is 3. The minimum Gasteiger partial charge on any atom is -0.466 e. The maximum atomic E-state index is 13.5. The number of carbonyl (C=O) groups is 3. The smallest absolute Gasteiger partial charge is 0.312 e. The summed E-state index contributed by atoms with van der Waals surface area (Å²) in [6.45, 7) is 2.67. The fraction of sp³-hybridized carbons (Fsp3) is 0.609. The summed E-state index contributed by atoms with van der Waals surface area (Å²) in [4.78, 5) is 41.1. The lowest BCUT2D eigenvalue weighted by Gasteiger charge is -2.33. The third-order valence-corrected chi connectivity index (χ3v) is 6.72. The number of esters is 1. The SMILES string of the molecule is CCOC(=O)[C@@H]1[C@@H]2CC[C@]3(O2)[C@H](C(=O)NCc2ccccc2)N(CCCCO)C(=O)[C@@H]13. The summed E-state index contributed by atoms with van der Waals surface area (Å²) >= 11 is 0. The van der Waals surface area contributed by atoms with E-state index in [1.54, 1.807) is 11.8 Å². The number of aliphatic hydroxyl groups excluding tert-OH is 1. The number of fused-ring (bicyclic) bond motifs is 1. The molecule has 0 radical (unpaired) electrons. The number of nitrogens with one attached hydrogen (secondary N) is 1. The van der Waals surface area contributed by atoms with Crippen LogP contribution >= 0.6 is 0 Å². The molecular formula is C23H30N2O6. The molecule has 2 amide bonds. The van der Waals surface area contributed by atoms with Crippen LogP contribution in [0.3, 0.4) is 0 Å². The van der Waals surface area contributed by atoms with Gasteiger partial charge in [0.2, 0.25) is 11.8 Å². The Morgan fingerprint density at radius 1 is 1.29 bits per heavy atom. The maximum absolute atomic E-state index is 13.5. The van der Waals surface area contributed by atoms with E-state index in [1.165, 1.54) is 0 Å². The van der Waals surface area contributed by atoms with Gasteiger partial charge in [0.25, 0.3) is 0 Å². The number of hydrogen-bond donors (Lipinski definition) is 2. The van der Waals surface area contributed by atoms with Gasteiger partial charge >= 0.3 is 5.97 Å². The van der Waals surface area contributed by atoms with Gasteiger partial charge in [-0.15, -0.1) is 0 Å². The molecule has 0 aromatic heterocycles. The molecule has 1 aromatic carbocycles. The molecule has 3 aliphatic heterocycles. The van der Waals surface area contributed by atoms with Crippen molar-refractivity contribution >= 4 is 17.8 Å². The third-order valence-electron chi connectivity index (χ3n) is 6.72. The minimum absolute atomic E-state index is 0.0193. The Morgan fingerprint density at radius 3 is 2.77 bits per heavy atom. The molecule has 0 saturated carbocycles. The fourth-order valence-corrected chi connectivity index (χ4v) is 5.48. The number of aliphatic hydroxyl groups is 1. The zero-order valence-electron chi connectivity index (χ0n) is 17.8. The zero-order chi connectivity index (χ0) is 22.0. The first kappa shape index (κ1) is 21.8. The molecule has 168 valence electrons. The Labute approximate surface area is 181 Å². The van der Waals surface area contributed by atoms with Crippen molar-refractivity contribution in [3.05, 3.63) is 35.9 Å². The molecule has 1 spiro atoms. The van der Waals surface area contributed by atoms with Crippen LogP contribution in [0.15, 0.2) is 30.3 Å². The van der Waals surface area contributed by atoms with E-state index >= 15 is 0 Å². The molecule has 8 nitrogen and oxygen atoms in total. The van der Waals surface area contributed by atoms with Crippen molar-refractivity contribution in [2.75, 3.05) is 19.8 Å². The fourth-order valence-electron chi connectivity index (χ4n) is 5.48. The summed E-state index contributed by atoms with van der Waals surface area (Å²) in [5, 5.41) is 12.1. The highest BCUT2D eigenvalue weighted by atomic mass is 16.6. The van der Waals surface area contributed by atoms with Gasteiger partial charge in [-0.1, -0.05) is 30.3 Å². The topological polar surface area (TPSA) is 105 Å². The van der Waals surface area contributed by atoms with Gasteiger partial charge in [-0.3, -0.25) is 14.4 Å². The van der Waals surface area contributed by atoms with Crippen LogP contribution in [0.1, 0.15) is 38.2 Å². The Hall–Kier alpha value is -2.45. The van der Waals surface area contributed by atoms with Crippen molar-refractivity contribution in [3.8, 4) is 0 Å². The van der Waals surface area contributed by atoms with E-state index in [2.05, 4.69) is 5.32 Å². The van der Waals surface area contributed by atoms with Gasteiger partial charge in [-0.05, 0) is 38.2 Å². The van der Waals surface area contributed by atoms with Crippen molar-refractivity contribution < 1.29 is 29.0 Å². The van der Waals surface area contributed by atoms with E-state index in [0.717, 1.165) is 5.56 Å². The summed E-state index contributed by atoms with van der Waals surface area (Å²) in [7, 11) is 0. The quantitative estimate of drug-likeness (QED) is 0.448. The number of ether oxygens (including phenoxy) is 2. The minimum atomic E-state index is -1.00. The van der Waals surface area contributed by atoms with E-state index in [4.69, 9.17) is 14.6 Å². The Morgan fingerprint density at radius 2 is 2.06 bits per heavy atom. The lowest BCUT2D eigenvalue weighted by Crippen LogP contribution is -2.55. The third kappa shape index (κ3) is 3.72. The number of hydrogen-bond acceptors (Lipinski definition) is 6. The van der Waals surface area contributed by atoms with Crippen LogP contribution in [-0.4, -0.2) is 65.3 Å². The van der Waals surface area contributed by atoms with E-state index in [9.17, 15) is 14.4 Å². The summed E-state index contributed by atoms with van der Waals surface area (Å²) in [6, 6.07) is 8.78. The molecule has 2 N–H and O–H groups in total. The Kier molecular flexibility index (Phi) is 6.29. The molecule has 5 atom stereocenters. The normalized spacial score (nSPS) is 31.0. The lowest BCUT2D eigenvalue weighted by atomic mass is 9.71. The molecule has 3 aliphatic rings. The Bertz CT molecular complexity index is 831. The van der Waals surface area contributed by atoms with Gasteiger partial charge in [-0.2, -0.15) is 0 Å². The number of benzene rings is 1. The number of nitrogens with zero attached hydrogens (tertiary/aromatic N) is 1. The van der Waals surface area contributed by atoms with Gasteiger partial charge in [0.15, 0.2) is 0 Å². The number of rotatable bonds is 9. The summed E-state index contributed by atoms with van der Waals surface area (Å²) in [5.41, 5.74) is -0.0406. The first-order chi connectivity index (χ1) is 15.0. The van der Waals surface area contributed by atoms with Gasteiger partial charge in [-0.25, -0.2) is 0 Å². The van der Waals surface area contributed by atoms with Gasteiger partial charge in [0.1, 0.15) is 11.6 Å². The van der Waals surface area contributed by atoms with Crippen LogP contribution in [0.5, 0.6) is 0 Å². The molecular weight excluding hydrogens is 400 g/mol. The largest absolute Gasteiger partial charge is 0.466 e. The predicted molar refractivity (Wildman–Crippen MR) is 111 cm³/mol. The Balaban J connectivity index is 1.60. The van der Waals surface area contributed by atoms with Crippen LogP contribution < -0.4 is 5.32 Å². The van der Waals surface area contributed by atoms with Crippen LogP contribution in [0, 0.1) is 11.8 Å². The second kappa shape index (κ2) is 8.96. The van der Waals surface area contributed by atoms with Crippen molar-refractivity contribution in [1.82, 2.24) is 10.2 Å². The van der Waals surface area contributed by atoms with E-state index in [0.29, 0.717) is 38.8 Å². The second-order valence-corrected chi connectivity index (χ2v) is 8.47. The van der Waals surface area contributed by atoms with Gasteiger partial charge in [0, 0.05) is 19.7 Å². The summed E-state index contributed by atoms with van der Waals surface area (Å²) in [5.74, 6) is -2.29. The zero-order valence-corrected chi connectivity index (χ0v) is 17.8. The van der Waals surface area contributed by atoms with Crippen LogP contribution in [0.25, 0.3) is 0 Å². The second-order valence-electron chi connectivity index (χ2n) is 8.47. The van der Waals surface area contributed by atoms with Gasteiger partial charge in [0.05, 0.1) is 24.5 Å². The maximum Gasteiger partial charge on any atom is 0.312 e. The molecule has 3 saturated heterocycles. The molecule has 2 bridgehead atoms. The predicted octanol–water partition coefficient (Wildman–Crippen LogP) is 1.01. The monoisotopic (exact) mass is 430 g/mol. The highest BCUT2D eigenvalue weighted by Crippen LogP contribution is 2.58. The summed E-state index contributed by atoms with van der Waals surface area (Å²) < 4.78 is 11.5. The average molecular weight is 431 g/mol. The summed E-state index contributed by atoms with van der Waals surface area (Å²) in [6.07, 6.45) is 1.90. The number of likely N-dealkylation sites (tertiary alicyclic amines) is 1. The molecule has 8 heteroatoms. The van der Waals surface area contributed by atoms with Gasteiger partial charge < -0.3 is 24.8 Å². The van der Waals surface area contributed by atoms with Crippen molar-refractivity contribution in [1.29, 1.82) is 0 Å². The van der Waals surface area contributed by atoms with Crippen LogP contribution in [0.2, 0.25) is 0 Å². The molecule has 3 fully saturated rings.